The molecular formula is C23H33FIN7. The molecule has 0 spiro atoms. The topological polar surface area (TPSA) is 105 Å². The van der Waals surface area contributed by atoms with Crippen LogP contribution < -0.4 is 27.0 Å². The van der Waals surface area contributed by atoms with Crippen LogP contribution in [0.25, 0.3) is 0 Å². The predicted octanol–water partition coefficient (Wildman–Crippen LogP) is 4.85. The van der Waals surface area contributed by atoms with E-state index in [4.69, 9.17) is 16.5 Å². The molecule has 1 unspecified atom stereocenters. The molecule has 0 radical (unpaired) electrons. The van der Waals surface area contributed by atoms with Crippen molar-refractivity contribution < 1.29 is 4.39 Å². The monoisotopic (exact) mass is 553 g/mol. The zero-order valence-corrected chi connectivity index (χ0v) is 20.5. The number of anilines is 4. The molecule has 0 amide bonds. The molecular weight excluding hydrogens is 520 g/mol. The number of para-hydroxylation sites is 1. The Hall–Kier alpha value is -1.88. The second-order valence-electron chi connectivity index (χ2n) is 8.89. The molecule has 2 fully saturated rings. The van der Waals surface area contributed by atoms with E-state index >= 15 is 0 Å². The van der Waals surface area contributed by atoms with Crippen LogP contribution in [0.4, 0.5) is 27.5 Å². The second kappa shape index (κ2) is 10.8. The summed E-state index contributed by atoms with van der Waals surface area (Å²) in [5, 5.41) is 6.81. The number of rotatable bonds is 7. The van der Waals surface area contributed by atoms with Gasteiger partial charge in [0.15, 0.2) is 9.99 Å². The SMILES string of the molecule is Nc1cnc(NC2CCC(N)CC2)nc1N(C1CCCCC1)C(I)Nc1ccccc1F. The first-order valence-corrected chi connectivity index (χ1v) is 12.8. The molecule has 7 nitrogen and oxygen atoms in total. The second-order valence-corrected chi connectivity index (χ2v) is 10.1. The highest BCUT2D eigenvalue weighted by Gasteiger charge is 2.30. The van der Waals surface area contributed by atoms with Crippen molar-refractivity contribution in [1.29, 1.82) is 0 Å². The third-order valence-corrected chi connectivity index (χ3v) is 7.42. The van der Waals surface area contributed by atoms with Gasteiger partial charge in [0.2, 0.25) is 5.95 Å². The minimum absolute atomic E-state index is 0.217. The molecule has 1 aromatic heterocycles. The number of nitrogens with two attached hydrogens (primary N) is 2. The molecule has 4 rings (SSSR count). The number of nitrogens with one attached hydrogen (secondary N) is 2. The van der Waals surface area contributed by atoms with Gasteiger partial charge in [0.05, 0.1) is 17.6 Å². The van der Waals surface area contributed by atoms with Crippen LogP contribution in [-0.2, 0) is 0 Å². The fourth-order valence-electron chi connectivity index (χ4n) is 4.71. The zero-order valence-electron chi connectivity index (χ0n) is 18.3. The number of alkyl halides is 1. The van der Waals surface area contributed by atoms with E-state index in [9.17, 15) is 4.39 Å². The number of benzene rings is 1. The Bertz CT molecular complexity index is 884. The van der Waals surface area contributed by atoms with Gasteiger partial charge in [-0.2, -0.15) is 4.98 Å². The van der Waals surface area contributed by atoms with Crippen LogP contribution in [0.5, 0.6) is 0 Å². The Morgan fingerprint density at radius 3 is 2.50 bits per heavy atom. The molecule has 0 aliphatic heterocycles. The van der Waals surface area contributed by atoms with E-state index in [1.54, 1.807) is 18.3 Å². The number of hydrogen-bond acceptors (Lipinski definition) is 7. The van der Waals surface area contributed by atoms with Gasteiger partial charge in [-0.3, -0.25) is 0 Å². The van der Waals surface area contributed by atoms with E-state index in [0.717, 1.165) is 38.5 Å². The van der Waals surface area contributed by atoms with Gasteiger partial charge in [-0.25, -0.2) is 9.37 Å². The molecule has 174 valence electrons. The average molecular weight is 553 g/mol. The highest BCUT2D eigenvalue weighted by atomic mass is 127. The third-order valence-electron chi connectivity index (χ3n) is 6.51. The summed E-state index contributed by atoms with van der Waals surface area (Å²) >= 11 is 2.31. The maximum Gasteiger partial charge on any atom is 0.224 e. The summed E-state index contributed by atoms with van der Waals surface area (Å²) in [7, 11) is 0. The molecule has 2 aliphatic carbocycles. The van der Waals surface area contributed by atoms with E-state index in [1.807, 2.05) is 6.07 Å². The van der Waals surface area contributed by atoms with Gasteiger partial charge in [0, 0.05) is 18.1 Å². The van der Waals surface area contributed by atoms with Crippen LogP contribution in [0.2, 0.25) is 0 Å². The number of halogens is 2. The molecule has 1 aromatic carbocycles. The molecule has 2 aromatic rings. The van der Waals surface area contributed by atoms with E-state index < -0.39 is 0 Å². The quantitative estimate of drug-likeness (QED) is 0.168. The third kappa shape index (κ3) is 5.72. The maximum atomic E-state index is 14.3. The van der Waals surface area contributed by atoms with E-state index in [1.165, 1.54) is 25.3 Å². The van der Waals surface area contributed by atoms with E-state index in [2.05, 4.69) is 43.1 Å². The van der Waals surface area contributed by atoms with Crippen molar-refractivity contribution in [3.63, 3.8) is 0 Å². The first kappa shape index (κ1) is 23.3. The maximum absolute atomic E-state index is 14.3. The largest absolute Gasteiger partial charge is 0.394 e. The molecule has 2 aliphatic rings. The van der Waals surface area contributed by atoms with Crippen LogP contribution in [0.15, 0.2) is 30.5 Å². The molecule has 1 atom stereocenters. The first-order valence-electron chi connectivity index (χ1n) is 11.6. The minimum Gasteiger partial charge on any atom is -0.394 e. The van der Waals surface area contributed by atoms with Gasteiger partial charge in [0.25, 0.3) is 0 Å². The predicted molar refractivity (Wildman–Crippen MR) is 137 cm³/mol. The summed E-state index contributed by atoms with van der Waals surface area (Å²) < 4.78 is 14.1. The Balaban J connectivity index is 1.59. The molecule has 9 heteroatoms. The lowest BCUT2D eigenvalue weighted by molar-refractivity contribution is 0.409. The first-order chi connectivity index (χ1) is 15.5. The summed E-state index contributed by atoms with van der Waals surface area (Å²) in [5.74, 6) is 1.02. The summed E-state index contributed by atoms with van der Waals surface area (Å²) in [6.07, 6.45) is 11.4. The van der Waals surface area contributed by atoms with Crippen molar-refractivity contribution in [2.75, 3.05) is 21.3 Å². The van der Waals surface area contributed by atoms with Gasteiger partial charge in [-0.1, -0.05) is 31.4 Å². The van der Waals surface area contributed by atoms with Crippen molar-refractivity contribution in [3.05, 3.63) is 36.3 Å². The standard InChI is InChI=1S/C23H33FIN7/c24-18-8-4-5-9-20(18)30-22(25)32(17-6-2-1-3-7-17)21-19(27)14-28-23(31-21)29-16-12-10-15(26)11-13-16/h4-5,8-9,14-17,22,30H,1-3,6-7,10-13,26-27H2,(H,28,29,31). The van der Waals surface area contributed by atoms with Crippen molar-refractivity contribution in [3.8, 4) is 0 Å². The Labute approximate surface area is 203 Å². The van der Waals surface area contributed by atoms with Gasteiger partial charge < -0.3 is 27.0 Å². The van der Waals surface area contributed by atoms with Crippen molar-refractivity contribution in [2.45, 2.75) is 80.1 Å². The smallest absolute Gasteiger partial charge is 0.224 e. The lowest BCUT2D eigenvalue weighted by Crippen LogP contribution is -2.46. The molecule has 0 bridgehead atoms. The molecule has 1 heterocycles. The van der Waals surface area contributed by atoms with Gasteiger partial charge in [0.1, 0.15) is 5.82 Å². The summed E-state index contributed by atoms with van der Waals surface area (Å²) in [4.78, 5) is 11.5. The number of hydrogen-bond donors (Lipinski definition) is 4. The van der Waals surface area contributed by atoms with Gasteiger partial charge >= 0.3 is 0 Å². The van der Waals surface area contributed by atoms with E-state index in [0.29, 0.717) is 35.2 Å². The summed E-state index contributed by atoms with van der Waals surface area (Å²) in [6.45, 7) is 0. The fraction of sp³-hybridized carbons (Fsp3) is 0.565. The number of nitrogen functional groups attached to an aromatic ring is 1. The average Bonchev–Trinajstić information content (AvgIpc) is 2.80. The highest BCUT2D eigenvalue weighted by Crippen LogP contribution is 2.34. The van der Waals surface area contributed by atoms with Gasteiger partial charge in [-0.05, 0) is 73.2 Å². The normalized spacial score (nSPS) is 22.8. The lowest BCUT2D eigenvalue weighted by Gasteiger charge is -2.39. The van der Waals surface area contributed by atoms with Gasteiger partial charge in [-0.15, -0.1) is 0 Å². The van der Waals surface area contributed by atoms with Crippen LogP contribution in [0, 0.1) is 5.82 Å². The van der Waals surface area contributed by atoms with Crippen LogP contribution in [-0.4, -0.2) is 32.3 Å². The summed E-state index contributed by atoms with van der Waals surface area (Å²) in [5.41, 5.74) is 13.4. The number of aromatic nitrogens is 2. The Kier molecular flexibility index (Phi) is 7.88. The Morgan fingerprint density at radius 1 is 1.06 bits per heavy atom. The molecule has 2 saturated carbocycles. The highest BCUT2D eigenvalue weighted by molar-refractivity contribution is 14.1. The van der Waals surface area contributed by atoms with Crippen molar-refractivity contribution in [2.24, 2.45) is 5.73 Å². The lowest BCUT2D eigenvalue weighted by atomic mass is 9.92. The number of nitrogens with zero attached hydrogens (tertiary/aromatic N) is 3. The molecule has 0 saturated heterocycles. The summed E-state index contributed by atoms with van der Waals surface area (Å²) in [6, 6.07) is 7.64. The van der Waals surface area contributed by atoms with Crippen LogP contribution >= 0.6 is 22.6 Å². The van der Waals surface area contributed by atoms with E-state index in [-0.39, 0.29) is 16.0 Å². The minimum atomic E-state index is -0.272. The molecule has 32 heavy (non-hydrogen) atoms. The van der Waals surface area contributed by atoms with Crippen LogP contribution in [0.1, 0.15) is 57.8 Å². The fourth-order valence-corrected chi connectivity index (χ4v) is 5.76. The van der Waals surface area contributed by atoms with Crippen LogP contribution in [0.3, 0.4) is 0 Å². The zero-order chi connectivity index (χ0) is 22.5. The van der Waals surface area contributed by atoms with Crippen molar-refractivity contribution in [1.82, 2.24) is 9.97 Å². The van der Waals surface area contributed by atoms with Crippen molar-refractivity contribution >= 4 is 45.7 Å². The Morgan fingerprint density at radius 2 is 1.78 bits per heavy atom. The molecule has 6 N–H and O–H groups in total.